The third kappa shape index (κ3) is 2.25. The highest BCUT2D eigenvalue weighted by molar-refractivity contribution is 5.84. The van der Waals surface area contributed by atoms with Gasteiger partial charge in [-0.1, -0.05) is 49.6 Å². The van der Waals surface area contributed by atoms with Crippen LogP contribution in [0.25, 0.3) is 10.8 Å². The van der Waals surface area contributed by atoms with Crippen LogP contribution in [0.15, 0.2) is 36.4 Å². The first kappa shape index (κ1) is 12.4. The predicted octanol–water partition coefficient (Wildman–Crippen LogP) is 4.75. The highest BCUT2D eigenvalue weighted by atomic mass is 15.0. The molecule has 1 nitrogen and oxygen atoms in total. The molecular formula is C19H23N. The lowest BCUT2D eigenvalue weighted by molar-refractivity contribution is 0.337. The van der Waals surface area contributed by atoms with Crippen LogP contribution in [-0.2, 0) is 6.42 Å². The molecule has 1 heteroatoms. The summed E-state index contributed by atoms with van der Waals surface area (Å²) in [7, 11) is 0. The Morgan fingerprint density at radius 3 is 2.40 bits per heavy atom. The first-order valence-electron chi connectivity index (χ1n) is 8.18. The maximum absolute atomic E-state index is 3.94. The molecule has 0 aromatic heterocycles. The van der Waals surface area contributed by atoms with Crippen molar-refractivity contribution in [3.05, 3.63) is 47.5 Å². The lowest BCUT2D eigenvalue weighted by Gasteiger charge is -2.27. The molecule has 0 heterocycles. The van der Waals surface area contributed by atoms with Gasteiger partial charge in [-0.25, -0.2) is 0 Å². The van der Waals surface area contributed by atoms with Crippen LogP contribution in [0.5, 0.6) is 0 Å². The van der Waals surface area contributed by atoms with Gasteiger partial charge >= 0.3 is 0 Å². The molecule has 0 amide bonds. The van der Waals surface area contributed by atoms with E-state index in [1.807, 2.05) is 0 Å². The van der Waals surface area contributed by atoms with Crippen LogP contribution in [0.1, 0.15) is 55.7 Å². The van der Waals surface area contributed by atoms with Crippen LogP contribution in [0.3, 0.4) is 0 Å². The molecule has 1 saturated carbocycles. The Balaban J connectivity index is 1.61. The van der Waals surface area contributed by atoms with Crippen molar-refractivity contribution in [1.29, 1.82) is 0 Å². The van der Waals surface area contributed by atoms with Gasteiger partial charge in [0.15, 0.2) is 0 Å². The van der Waals surface area contributed by atoms with E-state index in [1.165, 1.54) is 55.7 Å². The fourth-order valence-corrected chi connectivity index (χ4v) is 4.03. The SMILES string of the molecule is c1ccc2cc3c(cc2c1)CCC3NC1CCCCC1. The molecule has 0 aliphatic heterocycles. The fraction of sp³-hybridized carbons (Fsp3) is 0.474. The second-order valence-corrected chi connectivity index (χ2v) is 6.49. The zero-order valence-corrected chi connectivity index (χ0v) is 12.1. The van der Waals surface area contributed by atoms with Gasteiger partial charge in [0, 0.05) is 12.1 Å². The van der Waals surface area contributed by atoms with Gasteiger partial charge in [-0.15, -0.1) is 0 Å². The Labute approximate surface area is 121 Å². The zero-order chi connectivity index (χ0) is 13.4. The Morgan fingerprint density at radius 2 is 1.60 bits per heavy atom. The molecule has 0 bridgehead atoms. The average Bonchev–Trinajstić information content (AvgIpc) is 2.88. The third-order valence-electron chi connectivity index (χ3n) is 5.13. The van der Waals surface area contributed by atoms with Crippen molar-refractivity contribution in [2.24, 2.45) is 0 Å². The van der Waals surface area contributed by atoms with Crippen LogP contribution in [0.2, 0.25) is 0 Å². The molecule has 0 saturated heterocycles. The van der Waals surface area contributed by atoms with E-state index in [1.54, 1.807) is 11.1 Å². The Morgan fingerprint density at radius 1 is 0.850 bits per heavy atom. The molecule has 0 radical (unpaired) electrons. The molecule has 2 aromatic carbocycles. The predicted molar refractivity (Wildman–Crippen MR) is 85.0 cm³/mol. The van der Waals surface area contributed by atoms with Crippen molar-refractivity contribution in [3.8, 4) is 0 Å². The zero-order valence-electron chi connectivity index (χ0n) is 12.1. The van der Waals surface area contributed by atoms with Gasteiger partial charge in [0.2, 0.25) is 0 Å². The maximum atomic E-state index is 3.94. The Bertz CT molecular complexity index is 610. The molecule has 2 aliphatic carbocycles. The first-order valence-corrected chi connectivity index (χ1v) is 8.18. The highest BCUT2D eigenvalue weighted by Gasteiger charge is 2.25. The molecule has 2 aromatic rings. The van der Waals surface area contributed by atoms with Gasteiger partial charge < -0.3 is 5.32 Å². The largest absolute Gasteiger partial charge is 0.307 e. The van der Waals surface area contributed by atoms with Crippen molar-refractivity contribution in [1.82, 2.24) is 5.32 Å². The summed E-state index contributed by atoms with van der Waals surface area (Å²) in [4.78, 5) is 0. The summed E-state index contributed by atoms with van der Waals surface area (Å²) in [5.41, 5.74) is 3.13. The van der Waals surface area contributed by atoms with Crippen molar-refractivity contribution in [2.75, 3.05) is 0 Å². The number of hydrogen-bond acceptors (Lipinski definition) is 1. The molecule has 1 atom stereocenters. The maximum Gasteiger partial charge on any atom is 0.0328 e. The molecule has 0 spiro atoms. The third-order valence-corrected chi connectivity index (χ3v) is 5.13. The van der Waals surface area contributed by atoms with Gasteiger partial charge in [0.25, 0.3) is 0 Å². The second kappa shape index (κ2) is 5.21. The number of aryl methyl sites for hydroxylation is 1. The first-order chi connectivity index (χ1) is 9.90. The van der Waals surface area contributed by atoms with Crippen molar-refractivity contribution in [2.45, 2.75) is 57.0 Å². The number of rotatable bonds is 2. The summed E-state index contributed by atoms with van der Waals surface area (Å²) in [6.45, 7) is 0. The minimum Gasteiger partial charge on any atom is -0.307 e. The molecule has 1 fully saturated rings. The highest BCUT2D eigenvalue weighted by Crippen LogP contribution is 2.35. The van der Waals surface area contributed by atoms with Crippen molar-refractivity contribution >= 4 is 10.8 Å². The smallest absolute Gasteiger partial charge is 0.0328 e. The van der Waals surface area contributed by atoms with Crippen LogP contribution in [0.4, 0.5) is 0 Å². The molecule has 1 N–H and O–H groups in total. The summed E-state index contributed by atoms with van der Waals surface area (Å²) in [6, 6.07) is 15.0. The quantitative estimate of drug-likeness (QED) is 0.826. The van der Waals surface area contributed by atoms with E-state index in [2.05, 4.69) is 41.7 Å². The standard InChI is InChI=1S/C19H23N/c1-2-8-17(9-3-1)20-19-11-10-16-12-14-6-4-5-7-15(14)13-18(16)19/h4-7,12-13,17,19-20H,1-3,8-11H2. The Kier molecular flexibility index (Phi) is 3.23. The van der Waals surface area contributed by atoms with E-state index < -0.39 is 0 Å². The topological polar surface area (TPSA) is 12.0 Å². The molecule has 104 valence electrons. The summed E-state index contributed by atoms with van der Waals surface area (Å²) in [5.74, 6) is 0. The van der Waals surface area contributed by atoms with E-state index in [0.717, 1.165) is 6.04 Å². The summed E-state index contributed by atoms with van der Waals surface area (Å²) in [6.07, 6.45) is 9.53. The lowest BCUT2D eigenvalue weighted by atomic mass is 9.94. The molecule has 20 heavy (non-hydrogen) atoms. The summed E-state index contributed by atoms with van der Waals surface area (Å²) in [5, 5.41) is 6.72. The molecular weight excluding hydrogens is 242 g/mol. The van der Waals surface area contributed by atoms with E-state index in [-0.39, 0.29) is 0 Å². The van der Waals surface area contributed by atoms with Gasteiger partial charge in [-0.2, -0.15) is 0 Å². The van der Waals surface area contributed by atoms with Gasteiger partial charge in [-0.05, 0) is 53.6 Å². The normalized spacial score (nSPS) is 23.1. The Hall–Kier alpha value is -1.34. The van der Waals surface area contributed by atoms with Crippen LogP contribution in [0, 0.1) is 0 Å². The number of benzene rings is 2. The lowest BCUT2D eigenvalue weighted by Crippen LogP contribution is -2.33. The van der Waals surface area contributed by atoms with Crippen molar-refractivity contribution < 1.29 is 0 Å². The molecule has 2 aliphatic rings. The van der Waals surface area contributed by atoms with Gasteiger partial charge in [0.05, 0.1) is 0 Å². The van der Waals surface area contributed by atoms with E-state index in [4.69, 9.17) is 0 Å². The average molecular weight is 265 g/mol. The minimum atomic E-state index is 0.595. The van der Waals surface area contributed by atoms with E-state index in [0.29, 0.717) is 6.04 Å². The van der Waals surface area contributed by atoms with Crippen LogP contribution >= 0.6 is 0 Å². The monoisotopic (exact) mass is 265 g/mol. The molecule has 4 rings (SSSR count). The summed E-state index contributed by atoms with van der Waals surface area (Å²) < 4.78 is 0. The van der Waals surface area contributed by atoms with Crippen LogP contribution < -0.4 is 5.32 Å². The number of nitrogens with one attached hydrogen (secondary N) is 1. The van der Waals surface area contributed by atoms with E-state index in [9.17, 15) is 0 Å². The molecule has 1 unspecified atom stereocenters. The van der Waals surface area contributed by atoms with Crippen molar-refractivity contribution in [3.63, 3.8) is 0 Å². The number of fused-ring (bicyclic) bond motifs is 2. The van der Waals surface area contributed by atoms with Gasteiger partial charge in [-0.3, -0.25) is 0 Å². The fourth-order valence-electron chi connectivity index (χ4n) is 4.03. The number of hydrogen-bond donors (Lipinski definition) is 1. The second-order valence-electron chi connectivity index (χ2n) is 6.49. The minimum absolute atomic E-state index is 0.595. The van der Waals surface area contributed by atoms with E-state index >= 15 is 0 Å². The van der Waals surface area contributed by atoms with Gasteiger partial charge in [0.1, 0.15) is 0 Å². The summed E-state index contributed by atoms with van der Waals surface area (Å²) >= 11 is 0. The van der Waals surface area contributed by atoms with Crippen LogP contribution in [-0.4, -0.2) is 6.04 Å².